The zero-order valence-corrected chi connectivity index (χ0v) is 27.9. The van der Waals surface area contributed by atoms with Gasteiger partial charge in [0.25, 0.3) is 11.1 Å². The molecule has 260 valence electrons. The Balaban J connectivity index is 1.48. The van der Waals surface area contributed by atoms with E-state index in [0.717, 1.165) is 12.8 Å². The molecule has 6 rings (SSSR count). The molecular formula is C38H34N4O9. The number of carbonyl (C=O) groups excluding carboxylic acids is 1. The summed E-state index contributed by atoms with van der Waals surface area (Å²) in [7, 11) is 0. The molecule has 0 radical (unpaired) electrons. The van der Waals surface area contributed by atoms with Crippen LogP contribution in [0.4, 0.5) is 0 Å². The first kappa shape index (κ1) is 34.2. The molecule has 0 unspecified atom stereocenters. The lowest BCUT2D eigenvalue weighted by molar-refractivity contribution is 0.0499. The lowest BCUT2D eigenvalue weighted by atomic mass is 9.89. The fourth-order valence-electron chi connectivity index (χ4n) is 5.97. The summed E-state index contributed by atoms with van der Waals surface area (Å²) in [4.78, 5) is 64.4. The molecule has 0 saturated carbocycles. The van der Waals surface area contributed by atoms with E-state index in [9.17, 15) is 34.2 Å². The molecule has 0 atom stereocenters. The average molecular weight is 691 g/mol. The van der Waals surface area contributed by atoms with Crippen molar-refractivity contribution in [3.8, 4) is 22.7 Å². The molecule has 6 aromatic rings. The monoisotopic (exact) mass is 690 g/mol. The summed E-state index contributed by atoms with van der Waals surface area (Å²) < 4.78 is 14.1. The summed E-state index contributed by atoms with van der Waals surface area (Å²) in [5.74, 6) is -3.16. The summed E-state index contributed by atoms with van der Waals surface area (Å²) >= 11 is 0. The fraction of sp³-hybridized carbons (Fsp3) is 0.184. The van der Waals surface area contributed by atoms with E-state index in [1.807, 2.05) is 6.92 Å². The van der Waals surface area contributed by atoms with Crippen LogP contribution in [0.3, 0.4) is 0 Å². The Morgan fingerprint density at radius 3 is 1.76 bits per heavy atom. The number of esters is 1. The quantitative estimate of drug-likeness (QED) is 0.0874. The number of rotatable bonds is 12. The minimum absolute atomic E-state index is 0.0198. The minimum atomic E-state index is -1.16. The van der Waals surface area contributed by atoms with E-state index in [1.54, 1.807) is 62.4 Å². The van der Waals surface area contributed by atoms with Gasteiger partial charge >= 0.3 is 17.9 Å². The first-order chi connectivity index (χ1) is 24.5. The van der Waals surface area contributed by atoms with Crippen LogP contribution in [-0.4, -0.2) is 54.3 Å². The van der Waals surface area contributed by atoms with Crippen LogP contribution < -0.4 is 11.1 Å². The van der Waals surface area contributed by atoms with Crippen molar-refractivity contribution in [1.29, 1.82) is 0 Å². The highest BCUT2D eigenvalue weighted by atomic mass is 16.5. The average Bonchev–Trinajstić information content (AvgIpc) is 3.81. The van der Waals surface area contributed by atoms with Crippen molar-refractivity contribution >= 4 is 17.9 Å². The van der Waals surface area contributed by atoms with E-state index in [4.69, 9.17) is 9.15 Å². The second-order valence-corrected chi connectivity index (χ2v) is 12.0. The highest BCUT2D eigenvalue weighted by Gasteiger charge is 2.33. The molecule has 0 fully saturated rings. The number of benzene rings is 3. The Hall–Kier alpha value is -6.63. The van der Waals surface area contributed by atoms with Gasteiger partial charge in [0, 0.05) is 17.0 Å². The number of furan rings is 1. The number of aryl methyl sites for hydroxylation is 2. The van der Waals surface area contributed by atoms with Crippen molar-refractivity contribution in [1.82, 2.24) is 19.6 Å². The number of ether oxygens (including phenoxy) is 1. The number of aromatic amines is 2. The molecule has 4 N–H and O–H groups in total. The van der Waals surface area contributed by atoms with E-state index < -0.39 is 34.9 Å². The molecule has 51 heavy (non-hydrogen) atoms. The Labute approximate surface area is 290 Å². The standard InChI is InChI=1S/C38H34N4O9/c1-4-5-18-50-38(49)24-14-12-23(13-15-24)29-16-17-30(51-29)33(31-21(2)39-41(34(31)43)27-10-6-8-25(19-27)36(45)46)32-22(3)40-42(35(32)44)28-11-7-9-26(20-28)37(47)48/h6-17,19-20,33,39-40H,4-5,18H2,1-3H3,(H,45,46)(H,47,48). The van der Waals surface area contributed by atoms with Crippen molar-refractivity contribution in [3.63, 3.8) is 0 Å². The molecule has 0 aliphatic rings. The van der Waals surface area contributed by atoms with Crippen molar-refractivity contribution in [2.45, 2.75) is 39.5 Å². The maximum absolute atomic E-state index is 14.3. The van der Waals surface area contributed by atoms with Gasteiger partial charge in [-0.25, -0.2) is 23.7 Å². The summed E-state index contributed by atoms with van der Waals surface area (Å²) in [5, 5.41) is 25.2. The molecule has 0 bridgehead atoms. The number of H-pyrrole nitrogens is 2. The van der Waals surface area contributed by atoms with Crippen molar-refractivity contribution in [2.75, 3.05) is 6.61 Å². The molecule has 13 heteroatoms. The van der Waals surface area contributed by atoms with Crippen molar-refractivity contribution < 1.29 is 33.8 Å². The van der Waals surface area contributed by atoms with Crippen LogP contribution in [0.15, 0.2) is 98.9 Å². The third-order valence-corrected chi connectivity index (χ3v) is 8.56. The molecule has 0 aliphatic carbocycles. The fourth-order valence-corrected chi connectivity index (χ4v) is 5.97. The highest BCUT2D eigenvalue weighted by Crippen LogP contribution is 2.36. The number of carboxylic acids is 2. The third-order valence-electron chi connectivity index (χ3n) is 8.56. The summed E-state index contributed by atoms with van der Waals surface area (Å²) in [5.41, 5.74) is 1.58. The number of aromatic nitrogens is 4. The molecule has 0 aliphatic heterocycles. The molecule has 0 spiro atoms. The van der Waals surface area contributed by atoms with Crippen LogP contribution in [0.25, 0.3) is 22.7 Å². The summed E-state index contributed by atoms with van der Waals surface area (Å²) in [6, 6.07) is 21.8. The second kappa shape index (κ2) is 14.1. The van der Waals surface area contributed by atoms with Gasteiger partial charge in [-0.3, -0.25) is 19.8 Å². The number of hydrogen-bond donors (Lipinski definition) is 4. The zero-order valence-electron chi connectivity index (χ0n) is 27.9. The van der Waals surface area contributed by atoms with Gasteiger partial charge in [-0.1, -0.05) is 37.6 Å². The SMILES string of the molecule is CCCCOC(=O)c1ccc(-c2ccc(C(c3c(C)[nH]n(-c4cccc(C(=O)O)c4)c3=O)c3c(C)[nH]n(-c4cccc(C(=O)O)c4)c3=O)o2)cc1. The highest BCUT2D eigenvalue weighted by molar-refractivity contribution is 5.90. The predicted octanol–water partition coefficient (Wildman–Crippen LogP) is 6.05. The Bertz CT molecular complexity index is 2270. The van der Waals surface area contributed by atoms with Gasteiger partial charge in [0.05, 0.1) is 51.7 Å². The van der Waals surface area contributed by atoms with E-state index in [1.165, 1.54) is 45.8 Å². The first-order valence-electron chi connectivity index (χ1n) is 16.2. The lowest BCUT2D eigenvalue weighted by Crippen LogP contribution is -2.25. The van der Waals surface area contributed by atoms with Gasteiger partial charge in [0.2, 0.25) is 0 Å². The molecule has 0 amide bonds. The topological polar surface area (TPSA) is 190 Å². The molecule has 3 aromatic carbocycles. The van der Waals surface area contributed by atoms with E-state index in [0.29, 0.717) is 34.9 Å². The normalized spacial score (nSPS) is 11.2. The van der Waals surface area contributed by atoms with Gasteiger partial charge in [-0.05, 0) is 80.9 Å². The molecule has 3 heterocycles. The minimum Gasteiger partial charge on any atom is -0.478 e. The predicted molar refractivity (Wildman–Crippen MR) is 186 cm³/mol. The number of carboxylic acid groups (broad SMARTS) is 2. The second-order valence-electron chi connectivity index (χ2n) is 12.0. The molecule has 0 saturated heterocycles. The largest absolute Gasteiger partial charge is 0.478 e. The van der Waals surface area contributed by atoms with Crippen LogP contribution in [0.5, 0.6) is 0 Å². The third kappa shape index (κ3) is 6.69. The van der Waals surface area contributed by atoms with E-state index in [2.05, 4.69) is 10.2 Å². The van der Waals surface area contributed by atoms with Crippen molar-refractivity contribution in [3.05, 3.63) is 151 Å². The van der Waals surface area contributed by atoms with E-state index in [-0.39, 0.29) is 39.4 Å². The zero-order chi connectivity index (χ0) is 36.4. The van der Waals surface area contributed by atoms with Crippen LogP contribution in [-0.2, 0) is 4.74 Å². The maximum Gasteiger partial charge on any atom is 0.338 e. The van der Waals surface area contributed by atoms with Crippen LogP contribution in [0.1, 0.15) is 85.0 Å². The van der Waals surface area contributed by atoms with Crippen LogP contribution in [0, 0.1) is 13.8 Å². The Morgan fingerprint density at radius 1 is 0.745 bits per heavy atom. The number of carbonyl (C=O) groups is 3. The Kier molecular flexibility index (Phi) is 9.45. The summed E-state index contributed by atoms with van der Waals surface area (Å²) in [6.07, 6.45) is 1.66. The number of aromatic carboxylic acids is 2. The van der Waals surface area contributed by atoms with Gasteiger partial charge < -0.3 is 19.4 Å². The van der Waals surface area contributed by atoms with Gasteiger partial charge in [0.15, 0.2) is 0 Å². The lowest BCUT2D eigenvalue weighted by Gasteiger charge is -2.13. The van der Waals surface area contributed by atoms with Gasteiger partial charge in [-0.15, -0.1) is 0 Å². The number of nitrogens with zero attached hydrogens (tertiary/aromatic N) is 2. The number of unbranched alkanes of at least 4 members (excludes halogenated alkanes) is 1. The maximum atomic E-state index is 14.3. The Morgan fingerprint density at radius 2 is 1.27 bits per heavy atom. The first-order valence-corrected chi connectivity index (χ1v) is 16.2. The number of nitrogens with one attached hydrogen (secondary N) is 2. The smallest absolute Gasteiger partial charge is 0.338 e. The number of hydrogen-bond acceptors (Lipinski definition) is 7. The van der Waals surface area contributed by atoms with Gasteiger partial charge in [0.1, 0.15) is 11.5 Å². The molecule has 13 nitrogen and oxygen atoms in total. The molecule has 3 aromatic heterocycles. The van der Waals surface area contributed by atoms with Crippen LogP contribution >= 0.6 is 0 Å². The van der Waals surface area contributed by atoms with Gasteiger partial charge in [-0.2, -0.15) is 0 Å². The van der Waals surface area contributed by atoms with E-state index >= 15 is 0 Å². The van der Waals surface area contributed by atoms with Crippen LogP contribution in [0.2, 0.25) is 0 Å². The van der Waals surface area contributed by atoms with Crippen molar-refractivity contribution in [2.24, 2.45) is 0 Å². The molecular weight excluding hydrogens is 656 g/mol. The summed E-state index contributed by atoms with van der Waals surface area (Å²) in [6.45, 7) is 5.67.